The normalized spacial score (nSPS) is 11.3. The van der Waals surface area contributed by atoms with Gasteiger partial charge < -0.3 is 10.0 Å². The maximum absolute atomic E-state index is 13.0. The van der Waals surface area contributed by atoms with Crippen LogP contribution in [0.15, 0.2) is 36.5 Å². The van der Waals surface area contributed by atoms with Crippen molar-refractivity contribution in [3.05, 3.63) is 53.2 Å². The number of alkyl halides is 3. The maximum Gasteiger partial charge on any atom is 0.416 e. The molecule has 0 aliphatic carbocycles. The summed E-state index contributed by atoms with van der Waals surface area (Å²) in [5, 5.41) is 8.87. The number of aromatic nitrogens is 1. The minimum absolute atomic E-state index is 0.0185. The molecule has 0 atom stereocenters. The molecule has 0 fully saturated rings. The average Bonchev–Trinajstić information content (AvgIpc) is 2.47. The third-order valence-electron chi connectivity index (χ3n) is 3.29. The zero-order chi connectivity index (χ0) is 17.2. The quantitative estimate of drug-likeness (QED) is 0.913. The van der Waals surface area contributed by atoms with Crippen LogP contribution in [0.25, 0.3) is 0 Å². The summed E-state index contributed by atoms with van der Waals surface area (Å²) in [6.07, 6.45) is -3.25. The van der Waals surface area contributed by atoms with Gasteiger partial charge >= 0.3 is 12.1 Å². The van der Waals surface area contributed by atoms with E-state index in [-0.39, 0.29) is 5.56 Å². The summed E-state index contributed by atoms with van der Waals surface area (Å²) in [5.41, 5.74) is 0.129. The van der Waals surface area contributed by atoms with E-state index in [4.69, 9.17) is 5.11 Å². The fourth-order valence-corrected chi connectivity index (χ4v) is 2.23. The van der Waals surface area contributed by atoms with Gasteiger partial charge in [-0.1, -0.05) is 0 Å². The van der Waals surface area contributed by atoms with E-state index in [1.54, 1.807) is 24.8 Å². The SMILES string of the molecule is CCN(c1cc(C)cc(C(F)(F)F)c1)c1ccc(C(=O)O)cn1. The molecule has 2 rings (SSSR count). The fourth-order valence-electron chi connectivity index (χ4n) is 2.23. The Balaban J connectivity index is 2.45. The number of hydrogen-bond acceptors (Lipinski definition) is 3. The zero-order valence-electron chi connectivity index (χ0n) is 12.6. The van der Waals surface area contributed by atoms with Gasteiger partial charge in [-0.25, -0.2) is 9.78 Å². The Kier molecular flexibility index (Phi) is 4.58. The van der Waals surface area contributed by atoms with Crippen molar-refractivity contribution < 1.29 is 23.1 Å². The number of hydrogen-bond donors (Lipinski definition) is 1. The van der Waals surface area contributed by atoms with E-state index in [9.17, 15) is 18.0 Å². The number of anilines is 2. The number of benzene rings is 1. The number of halogens is 3. The summed E-state index contributed by atoms with van der Waals surface area (Å²) < 4.78 is 38.9. The molecule has 1 aromatic carbocycles. The Morgan fingerprint density at radius 1 is 1.26 bits per heavy atom. The topological polar surface area (TPSA) is 53.4 Å². The first kappa shape index (κ1) is 16.8. The number of aromatic carboxylic acids is 1. The molecule has 122 valence electrons. The maximum atomic E-state index is 13.0. The smallest absolute Gasteiger partial charge is 0.416 e. The lowest BCUT2D eigenvalue weighted by molar-refractivity contribution is -0.137. The Morgan fingerprint density at radius 2 is 1.96 bits per heavy atom. The average molecular weight is 324 g/mol. The van der Waals surface area contributed by atoms with E-state index in [1.807, 2.05) is 0 Å². The molecule has 1 N–H and O–H groups in total. The second-order valence-electron chi connectivity index (χ2n) is 5.01. The van der Waals surface area contributed by atoms with Crippen LogP contribution in [0.5, 0.6) is 0 Å². The van der Waals surface area contributed by atoms with Gasteiger partial charge in [0.2, 0.25) is 0 Å². The van der Waals surface area contributed by atoms with Crippen LogP contribution in [0.3, 0.4) is 0 Å². The number of carbonyl (C=O) groups is 1. The van der Waals surface area contributed by atoms with Crippen LogP contribution in [0, 0.1) is 6.92 Å². The molecule has 0 radical (unpaired) electrons. The van der Waals surface area contributed by atoms with Gasteiger partial charge in [0.25, 0.3) is 0 Å². The van der Waals surface area contributed by atoms with Crippen LogP contribution in [0.2, 0.25) is 0 Å². The van der Waals surface area contributed by atoms with Gasteiger partial charge in [-0.2, -0.15) is 13.2 Å². The molecule has 0 saturated heterocycles. The Morgan fingerprint density at radius 3 is 2.43 bits per heavy atom. The molecular weight excluding hydrogens is 309 g/mol. The van der Waals surface area contributed by atoms with E-state index < -0.39 is 17.7 Å². The van der Waals surface area contributed by atoms with Crippen molar-refractivity contribution in [1.82, 2.24) is 4.98 Å². The molecule has 7 heteroatoms. The largest absolute Gasteiger partial charge is 0.478 e. The van der Waals surface area contributed by atoms with E-state index in [0.29, 0.717) is 23.6 Å². The lowest BCUT2D eigenvalue weighted by Gasteiger charge is -2.23. The Labute approximate surface area is 131 Å². The second-order valence-corrected chi connectivity index (χ2v) is 5.01. The van der Waals surface area contributed by atoms with Crippen LogP contribution in [-0.4, -0.2) is 22.6 Å². The minimum atomic E-state index is -4.43. The van der Waals surface area contributed by atoms with Crippen molar-refractivity contribution in [2.45, 2.75) is 20.0 Å². The highest BCUT2D eigenvalue weighted by molar-refractivity contribution is 5.87. The van der Waals surface area contributed by atoms with E-state index in [0.717, 1.165) is 12.1 Å². The van der Waals surface area contributed by atoms with Gasteiger partial charge in [0, 0.05) is 18.4 Å². The molecule has 0 bridgehead atoms. The fraction of sp³-hybridized carbons (Fsp3) is 0.250. The summed E-state index contributed by atoms with van der Waals surface area (Å²) in [6.45, 7) is 3.76. The van der Waals surface area contributed by atoms with Crippen LogP contribution in [0.1, 0.15) is 28.4 Å². The molecule has 0 aliphatic rings. The molecule has 1 heterocycles. The van der Waals surface area contributed by atoms with E-state index in [2.05, 4.69) is 4.98 Å². The summed E-state index contributed by atoms with van der Waals surface area (Å²) in [5.74, 6) is -0.724. The van der Waals surface area contributed by atoms with Crippen LogP contribution in [0.4, 0.5) is 24.7 Å². The Hall–Kier alpha value is -2.57. The lowest BCUT2D eigenvalue weighted by atomic mass is 10.1. The van der Waals surface area contributed by atoms with E-state index >= 15 is 0 Å². The van der Waals surface area contributed by atoms with Gasteiger partial charge in [-0.3, -0.25) is 0 Å². The predicted molar refractivity (Wildman–Crippen MR) is 80.1 cm³/mol. The van der Waals surface area contributed by atoms with Crippen LogP contribution < -0.4 is 4.90 Å². The van der Waals surface area contributed by atoms with Crippen molar-refractivity contribution in [3.63, 3.8) is 0 Å². The number of rotatable bonds is 4. The van der Waals surface area contributed by atoms with Crippen LogP contribution in [-0.2, 0) is 6.18 Å². The molecule has 4 nitrogen and oxygen atoms in total. The molecule has 2 aromatic rings. The number of nitrogens with zero attached hydrogens (tertiary/aromatic N) is 2. The Bertz CT molecular complexity index is 712. The van der Waals surface area contributed by atoms with Crippen molar-refractivity contribution >= 4 is 17.5 Å². The molecule has 0 aliphatic heterocycles. The molecule has 0 saturated carbocycles. The van der Waals surface area contributed by atoms with Crippen molar-refractivity contribution in [2.24, 2.45) is 0 Å². The standard InChI is InChI=1S/C16H15F3N2O2/c1-3-21(14-5-4-11(9-20-14)15(22)23)13-7-10(2)6-12(8-13)16(17,18)19/h4-9H,3H2,1-2H3,(H,22,23). The first-order valence-corrected chi connectivity index (χ1v) is 6.88. The zero-order valence-corrected chi connectivity index (χ0v) is 12.6. The molecule has 0 spiro atoms. The molecule has 0 unspecified atom stereocenters. The van der Waals surface area contributed by atoms with Gasteiger partial charge in [0.15, 0.2) is 0 Å². The third-order valence-corrected chi connectivity index (χ3v) is 3.29. The highest BCUT2D eigenvalue weighted by atomic mass is 19.4. The highest BCUT2D eigenvalue weighted by Gasteiger charge is 2.31. The van der Waals surface area contributed by atoms with Gasteiger partial charge in [-0.05, 0) is 49.7 Å². The monoisotopic (exact) mass is 324 g/mol. The summed E-state index contributed by atoms with van der Waals surface area (Å²) >= 11 is 0. The first-order chi connectivity index (χ1) is 10.7. The molecule has 0 amide bonds. The van der Waals surface area contributed by atoms with Gasteiger partial charge in [-0.15, -0.1) is 0 Å². The van der Waals surface area contributed by atoms with Crippen molar-refractivity contribution in [1.29, 1.82) is 0 Å². The van der Waals surface area contributed by atoms with Crippen LogP contribution >= 0.6 is 0 Å². The first-order valence-electron chi connectivity index (χ1n) is 6.88. The number of carboxylic acids is 1. The summed E-state index contributed by atoms with van der Waals surface area (Å²) in [4.78, 5) is 16.5. The van der Waals surface area contributed by atoms with Crippen molar-refractivity contribution in [3.8, 4) is 0 Å². The molecule has 23 heavy (non-hydrogen) atoms. The van der Waals surface area contributed by atoms with E-state index in [1.165, 1.54) is 18.3 Å². The molecular formula is C16H15F3N2O2. The van der Waals surface area contributed by atoms with Gasteiger partial charge in [0.1, 0.15) is 5.82 Å². The van der Waals surface area contributed by atoms with Gasteiger partial charge in [0.05, 0.1) is 11.1 Å². The summed E-state index contributed by atoms with van der Waals surface area (Å²) in [7, 11) is 0. The number of pyridine rings is 1. The minimum Gasteiger partial charge on any atom is -0.478 e. The number of carboxylic acid groups (broad SMARTS) is 1. The highest BCUT2D eigenvalue weighted by Crippen LogP contribution is 2.34. The second kappa shape index (κ2) is 6.28. The third kappa shape index (κ3) is 3.80. The van der Waals surface area contributed by atoms with Crippen molar-refractivity contribution in [2.75, 3.05) is 11.4 Å². The summed E-state index contributed by atoms with van der Waals surface area (Å²) in [6, 6.07) is 6.61. The predicted octanol–water partition coefficient (Wildman–Crippen LogP) is 4.27. The molecule has 1 aromatic heterocycles. The lowest BCUT2D eigenvalue weighted by Crippen LogP contribution is -2.19. The number of aryl methyl sites for hydroxylation is 1.